The van der Waals surface area contributed by atoms with Gasteiger partial charge in [-0.25, -0.2) is 14.4 Å². The fourth-order valence-electron chi connectivity index (χ4n) is 1.70. The molecule has 0 unspecified atom stereocenters. The molecule has 20 heavy (non-hydrogen) atoms. The third-order valence-corrected chi connectivity index (χ3v) is 3.80. The summed E-state index contributed by atoms with van der Waals surface area (Å²) in [5, 5.41) is 3.32. The Morgan fingerprint density at radius 2 is 1.95 bits per heavy atom. The fraction of sp³-hybridized carbons (Fsp3) is 0.333. The van der Waals surface area contributed by atoms with E-state index in [-0.39, 0.29) is 0 Å². The van der Waals surface area contributed by atoms with E-state index in [1.54, 1.807) is 0 Å². The molecule has 1 aromatic heterocycles. The first-order valence-electron chi connectivity index (χ1n) is 6.64. The number of rotatable bonds is 5. The van der Waals surface area contributed by atoms with Crippen LogP contribution in [-0.2, 0) is 0 Å². The van der Waals surface area contributed by atoms with Gasteiger partial charge in [-0.05, 0) is 30.5 Å². The van der Waals surface area contributed by atoms with E-state index in [0.717, 1.165) is 4.90 Å². The van der Waals surface area contributed by atoms with Crippen LogP contribution < -0.4 is 5.32 Å². The highest BCUT2D eigenvalue weighted by Crippen LogP contribution is 2.29. The molecule has 0 atom stereocenters. The van der Waals surface area contributed by atoms with Gasteiger partial charge in [0.15, 0.2) is 5.82 Å². The van der Waals surface area contributed by atoms with Crippen molar-refractivity contribution in [3.63, 3.8) is 0 Å². The van der Waals surface area contributed by atoms with E-state index in [0.29, 0.717) is 23.4 Å². The number of nitrogens with zero attached hydrogens (tertiary/aromatic N) is 2. The van der Waals surface area contributed by atoms with Crippen LogP contribution in [0.5, 0.6) is 0 Å². The molecule has 0 bridgehead atoms. The first kappa shape index (κ1) is 14.8. The van der Waals surface area contributed by atoms with Crippen LogP contribution in [0.4, 0.5) is 10.3 Å². The molecule has 0 radical (unpaired) electrons. The third kappa shape index (κ3) is 3.70. The van der Waals surface area contributed by atoms with E-state index in [1.807, 2.05) is 19.1 Å². The SMILES string of the molecule is CCNc1ncc(F)c(Sc2ccc(C(C)C)cc2)n1. The highest BCUT2D eigenvalue weighted by molar-refractivity contribution is 7.99. The Morgan fingerprint density at radius 1 is 1.25 bits per heavy atom. The van der Waals surface area contributed by atoms with Crippen molar-refractivity contribution in [1.82, 2.24) is 9.97 Å². The Kier molecular flexibility index (Phi) is 4.95. The smallest absolute Gasteiger partial charge is 0.223 e. The first-order chi connectivity index (χ1) is 9.60. The van der Waals surface area contributed by atoms with Gasteiger partial charge in [-0.3, -0.25) is 0 Å². The van der Waals surface area contributed by atoms with Gasteiger partial charge in [0.1, 0.15) is 5.03 Å². The Bertz CT molecular complexity index is 570. The highest BCUT2D eigenvalue weighted by Gasteiger charge is 2.09. The minimum atomic E-state index is -0.399. The lowest BCUT2D eigenvalue weighted by Crippen LogP contribution is -2.03. The van der Waals surface area contributed by atoms with Gasteiger partial charge < -0.3 is 5.32 Å². The van der Waals surface area contributed by atoms with E-state index >= 15 is 0 Å². The molecular formula is C15H18FN3S. The number of halogens is 1. The molecule has 0 amide bonds. The van der Waals surface area contributed by atoms with Crippen molar-refractivity contribution in [3.05, 3.63) is 41.8 Å². The van der Waals surface area contributed by atoms with Gasteiger partial charge in [0.25, 0.3) is 0 Å². The van der Waals surface area contributed by atoms with Crippen molar-refractivity contribution in [2.75, 3.05) is 11.9 Å². The standard InChI is InChI=1S/C15H18FN3S/c1-4-17-15-18-9-13(16)14(19-15)20-12-7-5-11(6-8-12)10(2)3/h5-10H,4H2,1-3H3,(H,17,18,19). The van der Waals surface area contributed by atoms with Crippen molar-refractivity contribution in [2.45, 2.75) is 36.6 Å². The zero-order valence-corrected chi connectivity index (χ0v) is 12.7. The number of benzene rings is 1. The molecule has 0 saturated carbocycles. The number of anilines is 1. The molecule has 2 rings (SSSR count). The summed E-state index contributed by atoms with van der Waals surface area (Å²) in [6, 6.07) is 8.12. The van der Waals surface area contributed by atoms with E-state index in [1.165, 1.54) is 23.5 Å². The second kappa shape index (κ2) is 6.70. The number of aromatic nitrogens is 2. The van der Waals surface area contributed by atoms with Gasteiger partial charge in [-0.15, -0.1) is 0 Å². The van der Waals surface area contributed by atoms with Gasteiger partial charge in [-0.1, -0.05) is 37.7 Å². The van der Waals surface area contributed by atoms with Gasteiger partial charge in [-0.2, -0.15) is 0 Å². The Balaban J connectivity index is 2.18. The van der Waals surface area contributed by atoms with Crippen LogP contribution in [0, 0.1) is 5.82 Å². The average Bonchev–Trinajstić information content (AvgIpc) is 2.43. The molecule has 1 aromatic carbocycles. The molecule has 0 spiro atoms. The average molecular weight is 291 g/mol. The highest BCUT2D eigenvalue weighted by atomic mass is 32.2. The van der Waals surface area contributed by atoms with Gasteiger partial charge >= 0.3 is 0 Å². The maximum atomic E-state index is 13.7. The lowest BCUT2D eigenvalue weighted by Gasteiger charge is -2.08. The Morgan fingerprint density at radius 3 is 2.55 bits per heavy atom. The van der Waals surface area contributed by atoms with Crippen molar-refractivity contribution in [3.8, 4) is 0 Å². The van der Waals surface area contributed by atoms with E-state index in [9.17, 15) is 4.39 Å². The van der Waals surface area contributed by atoms with Crippen molar-refractivity contribution >= 4 is 17.7 Å². The lowest BCUT2D eigenvalue weighted by molar-refractivity contribution is 0.580. The quantitative estimate of drug-likeness (QED) is 0.832. The summed E-state index contributed by atoms with van der Waals surface area (Å²) in [7, 11) is 0. The van der Waals surface area contributed by atoms with Gasteiger partial charge in [0.2, 0.25) is 5.95 Å². The minimum Gasteiger partial charge on any atom is -0.354 e. The van der Waals surface area contributed by atoms with Crippen LogP contribution in [0.3, 0.4) is 0 Å². The summed E-state index contributed by atoms with van der Waals surface area (Å²) in [5.74, 6) is 0.546. The van der Waals surface area contributed by atoms with Crippen LogP contribution >= 0.6 is 11.8 Å². The number of hydrogen-bond acceptors (Lipinski definition) is 4. The summed E-state index contributed by atoms with van der Waals surface area (Å²) >= 11 is 1.31. The number of hydrogen-bond donors (Lipinski definition) is 1. The summed E-state index contributed by atoms with van der Waals surface area (Å²) < 4.78 is 13.7. The minimum absolute atomic E-state index is 0.341. The Hall–Kier alpha value is -1.62. The molecule has 3 nitrogen and oxygen atoms in total. The first-order valence-corrected chi connectivity index (χ1v) is 7.46. The van der Waals surface area contributed by atoms with Crippen LogP contribution in [-0.4, -0.2) is 16.5 Å². The largest absolute Gasteiger partial charge is 0.354 e. The summed E-state index contributed by atoms with van der Waals surface area (Å²) in [6.07, 6.45) is 1.20. The Labute approximate surface area is 123 Å². The second-order valence-electron chi connectivity index (χ2n) is 4.70. The van der Waals surface area contributed by atoms with Crippen LogP contribution in [0.15, 0.2) is 40.4 Å². The zero-order valence-electron chi connectivity index (χ0n) is 11.9. The molecule has 106 valence electrons. The summed E-state index contributed by atoms with van der Waals surface area (Å²) in [5.41, 5.74) is 1.27. The topological polar surface area (TPSA) is 37.8 Å². The molecule has 0 saturated heterocycles. The molecule has 5 heteroatoms. The van der Waals surface area contributed by atoms with Crippen molar-refractivity contribution in [1.29, 1.82) is 0 Å². The molecule has 0 aliphatic carbocycles. The van der Waals surface area contributed by atoms with E-state index < -0.39 is 5.82 Å². The fourth-order valence-corrected chi connectivity index (χ4v) is 2.48. The maximum Gasteiger partial charge on any atom is 0.223 e. The normalized spacial score (nSPS) is 10.8. The molecule has 0 aliphatic rings. The molecule has 2 aromatic rings. The van der Waals surface area contributed by atoms with E-state index in [4.69, 9.17) is 0 Å². The van der Waals surface area contributed by atoms with Gasteiger partial charge in [0, 0.05) is 11.4 Å². The molecule has 0 fully saturated rings. The summed E-state index contributed by atoms with van der Waals surface area (Å²) in [6.45, 7) is 6.95. The van der Waals surface area contributed by atoms with Crippen LogP contribution in [0.25, 0.3) is 0 Å². The van der Waals surface area contributed by atoms with Crippen LogP contribution in [0.1, 0.15) is 32.3 Å². The molecule has 1 heterocycles. The van der Waals surface area contributed by atoms with Crippen molar-refractivity contribution < 1.29 is 4.39 Å². The maximum absolute atomic E-state index is 13.7. The van der Waals surface area contributed by atoms with Crippen LogP contribution in [0.2, 0.25) is 0 Å². The lowest BCUT2D eigenvalue weighted by atomic mass is 10.0. The van der Waals surface area contributed by atoms with Crippen molar-refractivity contribution in [2.24, 2.45) is 0 Å². The predicted octanol–water partition coefficient (Wildman–Crippen LogP) is 4.32. The monoisotopic (exact) mass is 291 g/mol. The molecule has 0 aliphatic heterocycles. The third-order valence-electron chi connectivity index (χ3n) is 2.81. The van der Waals surface area contributed by atoms with Gasteiger partial charge in [0.05, 0.1) is 6.20 Å². The molecule has 1 N–H and O–H groups in total. The second-order valence-corrected chi connectivity index (χ2v) is 5.77. The number of nitrogens with one attached hydrogen (secondary N) is 1. The van der Waals surface area contributed by atoms with E-state index in [2.05, 4.69) is 41.3 Å². The zero-order chi connectivity index (χ0) is 14.5. The summed E-state index contributed by atoms with van der Waals surface area (Å²) in [4.78, 5) is 9.04. The predicted molar refractivity (Wildman–Crippen MR) is 80.8 cm³/mol. The molecular weight excluding hydrogens is 273 g/mol.